The van der Waals surface area contributed by atoms with Crippen molar-refractivity contribution in [3.63, 3.8) is 0 Å². The molecule has 1 aromatic rings. The molecule has 0 aromatic carbocycles. The van der Waals surface area contributed by atoms with E-state index in [9.17, 15) is 0 Å². The van der Waals surface area contributed by atoms with Crippen LogP contribution >= 0.6 is 0 Å². The third kappa shape index (κ3) is 2.57. The molecule has 0 fully saturated rings. The highest BCUT2D eigenvalue weighted by Gasteiger charge is 2.25. The Balaban J connectivity index is 2.48. The topological polar surface area (TPSA) is 65.6 Å². The molecule has 0 atom stereocenters. The number of aliphatic hydroxyl groups excluding tert-OH is 2. The van der Waals surface area contributed by atoms with Gasteiger partial charge in [0.15, 0.2) is 0 Å². The fraction of sp³-hybridized carbons (Fsp3) is 0.600. The van der Waals surface area contributed by atoms with Crippen molar-refractivity contribution in [3.8, 4) is 0 Å². The SMILES string of the molecule is CCC(CO)(CO)NCc1ccoc1. The van der Waals surface area contributed by atoms with Crippen molar-refractivity contribution >= 4 is 0 Å². The summed E-state index contributed by atoms with van der Waals surface area (Å²) in [5, 5.41) is 21.4. The Labute approximate surface area is 83.6 Å². The molecule has 1 rings (SSSR count). The van der Waals surface area contributed by atoms with Gasteiger partial charge in [-0.15, -0.1) is 0 Å². The number of hydrogen-bond acceptors (Lipinski definition) is 4. The summed E-state index contributed by atoms with van der Waals surface area (Å²) >= 11 is 0. The Hall–Kier alpha value is -0.840. The second-order valence-corrected chi connectivity index (χ2v) is 3.44. The molecule has 3 N–H and O–H groups in total. The van der Waals surface area contributed by atoms with E-state index in [1.807, 2.05) is 13.0 Å². The van der Waals surface area contributed by atoms with Gasteiger partial charge in [-0.05, 0) is 12.5 Å². The van der Waals surface area contributed by atoms with Gasteiger partial charge in [-0.3, -0.25) is 0 Å². The van der Waals surface area contributed by atoms with Crippen LogP contribution in [0.5, 0.6) is 0 Å². The van der Waals surface area contributed by atoms with Crippen molar-refractivity contribution in [1.29, 1.82) is 0 Å². The van der Waals surface area contributed by atoms with Gasteiger partial charge in [0, 0.05) is 12.1 Å². The normalized spacial score (nSPS) is 11.9. The van der Waals surface area contributed by atoms with Crippen LogP contribution in [0.1, 0.15) is 18.9 Å². The lowest BCUT2D eigenvalue weighted by Gasteiger charge is -2.29. The summed E-state index contributed by atoms with van der Waals surface area (Å²) in [7, 11) is 0. The molecule has 4 heteroatoms. The lowest BCUT2D eigenvalue weighted by molar-refractivity contribution is 0.0863. The van der Waals surface area contributed by atoms with E-state index in [2.05, 4.69) is 5.32 Å². The number of rotatable bonds is 6. The maximum atomic E-state index is 9.16. The standard InChI is InChI=1S/C10H17NO3/c1-2-10(7-12,8-13)11-5-9-3-4-14-6-9/h3-4,6,11-13H,2,5,7-8H2,1H3. The Morgan fingerprint density at radius 2 is 2.14 bits per heavy atom. The predicted octanol–water partition coefficient (Wildman–Crippen LogP) is 0.503. The number of aliphatic hydroxyl groups is 2. The average Bonchev–Trinajstić information content (AvgIpc) is 2.74. The Bertz CT molecular complexity index is 234. The molecule has 0 aliphatic heterocycles. The van der Waals surface area contributed by atoms with E-state index < -0.39 is 5.54 Å². The largest absolute Gasteiger partial charge is 0.472 e. The summed E-state index contributed by atoms with van der Waals surface area (Å²) in [5.41, 5.74) is 0.418. The second-order valence-electron chi connectivity index (χ2n) is 3.44. The van der Waals surface area contributed by atoms with Gasteiger partial charge in [0.25, 0.3) is 0 Å². The highest BCUT2D eigenvalue weighted by molar-refractivity contribution is 5.05. The Morgan fingerprint density at radius 3 is 2.57 bits per heavy atom. The smallest absolute Gasteiger partial charge is 0.0947 e. The van der Waals surface area contributed by atoms with Gasteiger partial charge in [-0.2, -0.15) is 0 Å². The van der Waals surface area contributed by atoms with Crippen LogP contribution in [-0.4, -0.2) is 29.0 Å². The third-order valence-corrected chi connectivity index (χ3v) is 2.53. The number of furan rings is 1. The van der Waals surface area contributed by atoms with Crippen molar-refractivity contribution in [1.82, 2.24) is 5.32 Å². The van der Waals surface area contributed by atoms with Crippen LogP contribution in [0, 0.1) is 0 Å². The second kappa shape index (κ2) is 5.14. The fourth-order valence-electron chi connectivity index (χ4n) is 1.19. The summed E-state index contributed by atoms with van der Waals surface area (Å²) in [6, 6.07) is 1.85. The van der Waals surface area contributed by atoms with E-state index in [0.29, 0.717) is 13.0 Å². The maximum Gasteiger partial charge on any atom is 0.0947 e. The minimum Gasteiger partial charge on any atom is -0.472 e. The number of hydrogen-bond donors (Lipinski definition) is 3. The van der Waals surface area contributed by atoms with Gasteiger partial charge in [-0.25, -0.2) is 0 Å². The van der Waals surface area contributed by atoms with E-state index in [-0.39, 0.29) is 13.2 Å². The highest BCUT2D eigenvalue weighted by atomic mass is 16.3. The highest BCUT2D eigenvalue weighted by Crippen LogP contribution is 2.10. The first-order valence-electron chi connectivity index (χ1n) is 4.74. The molecule has 1 aromatic heterocycles. The molecule has 0 saturated carbocycles. The average molecular weight is 199 g/mol. The first-order chi connectivity index (χ1) is 6.76. The molecule has 0 aliphatic rings. The van der Waals surface area contributed by atoms with E-state index in [1.54, 1.807) is 12.5 Å². The monoisotopic (exact) mass is 199 g/mol. The Morgan fingerprint density at radius 1 is 1.43 bits per heavy atom. The van der Waals surface area contributed by atoms with Crippen LogP contribution in [0.25, 0.3) is 0 Å². The fourth-order valence-corrected chi connectivity index (χ4v) is 1.19. The van der Waals surface area contributed by atoms with Crippen LogP contribution in [-0.2, 0) is 6.54 Å². The molecule has 80 valence electrons. The van der Waals surface area contributed by atoms with Crippen LogP contribution in [0.3, 0.4) is 0 Å². The first kappa shape index (κ1) is 11.2. The van der Waals surface area contributed by atoms with Crippen molar-refractivity contribution in [2.24, 2.45) is 0 Å². The maximum absolute atomic E-state index is 9.16. The molecule has 0 unspecified atom stereocenters. The van der Waals surface area contributed by atoms with Crippen molar-refractivity contribution < 1.29 is 14.6 Å². The summed E-state index contributed by atoms with van der Waals surface area (Å²) in [6.07, 6.45) is 3.92. The van der Waals surface area contributed by atoms with Crippen LogP contribution < -0.4 is 5.32 Å². The minimum absolute atomic E-state index is 0.0716. The first-order valence-corrected chi connectivity index (χ1v) is 4.74. The van der Waals surface area contributed by atoms with Gasteiger partial charge in [-0.1, -0.05) is 6.92 Å². The van der Waals surface area contributed by atoms with E-state index in [4.69, 9.17) is 14.6 Å². The van der Waals surface area contributed by atoms with E-state index in [1.165, 1.54) is 0 Å². The zero-order valence-corrected chi connectivity index (χ0v) is 8.36. The molecule has 0 bridgehead atoms. The summed E-state index contributed by atoms with van der Waals surface area (Å²) in [5.74, 6) is 0. The molecule has 4 nitrogen and oxygen atoms in total. The summed E-state index contributed by atoms with van der Waals surface area (Å²) in [4.78, 5) is 0. The zero-order chi connectivity index (χ0) is 10.4. The molecule has 1 heterocycles. The molecule has 0 saturated heterocycles. The van der Waals surface area contributed by atoms with Crippen molar-refractivity contribution in [2.75, 3.05) is 13.2 Å². The molecule has 0 spiro atoms. The molecule has 0 amide bonds. The molecular formula is C10H17NO3. The number of nitrogens with one attached hydrogen (secondary N) is 1. The molecule has 0 aliphatic carbocycles. The summed E-state index contributed by atoms with van der Waals surface area (Å²) < 4.78 is 4.92. The quantitative estimate of drug-likeness (QED) is 0.624. The zero-order valence-electron chi connectivity index (χ0n) is 8.36. The van der Waals surface area contributed by atoms with Crippen molar-refractivity contribution in [2.45, 2.75) is 25.4 Å². The van der Waals surface area contributed by atoms with Gasteiger partial charge in [0.05, 0.1) is 31.3 Å². The van der Waals surface area contributed by atoms with Gasteiger partial charge in [0.2, 0.25) is 0 Å². The molecular weight excluding hydrogens is 182 g/mol. The summed E-state index contributed by atoms with van der Waals surface area (Å²) in [6.45, 7) is 2.37. The third-order valence-electron chi connectivity index (χ3n) is 2.53. The van der Waals surface area contributed by atoms with Gasteiger partial charge >= 0.3 is 0 Å². The minimum atomic E-state index is -0.586. The lowest BCUT2D eigenvalue weighted by Crippen LogP contribution is -2.50. The Kier molecular flexibility index (Phi) is 4.13. The van der Waals surface area contributed by atoms with E-state index in [0.717, 1.165) is 5.56 Å². The van der Waals surface area contributed by atoms with Crippen LogP contribution in [0.15, 0.2) is 23.0 Å². The van der Waals surface area contributed by atoms with E-state index >= 15 is 0 Å². The lowest BCUT2D eigenvalue weighted by atomic mass is 9.98. The van der Waals surface area contributed by atoms with Crippen LogP contribution in [0.2, 0.25) is 0 Å². The molecule has 14 heavy (non-hydrogen) atoms. The van der Waals surface area contributed by atoms with Gasteiger partial charge in [0.1, 0.15) is 0 Å². The van der Waals surface area contributed by atoms with Gasteiger partial charge < -0.3 is 19.9 Å². The molecule has 0 radical (unpaired) electrons. The predicted molar refractivity (Wildman–Crippen MR) is 52.7 cm³/mol. The van der Waals surface area contributed by atoms with Crippen LogP contribution in [0.4, 0.5) is 0 Å². The van der Waals surface area contributed by atoms with Crippen molar-refractivity contribution in [3.05, 3.63) is 24.2 Å².